The second-order valence-corrected chi connectivity index (χ2v) is 8.50. The van der Waals surface area contributed by atoms with Crippen LogP contribution in [0.1, 0.15) is 56.3 Å². The number of hydrogen-bond donors (Lipinski definition) is 1. The summed E-state index contributed by atoms with van der Waals surface area (Å²) in [5, 5.41) is 2.89. The maximum atomic E-state index is 12.7. The molecule has 1 aromatic carbocycles. The topological polar surface area (TPSA) is 75.7 Å². The van der Waals surface area contributed by atoms with E-state index >= 15 is 0 Å². The maximum Gasteiger partial charge on any atom is 0.255 e. The van der Waals surface area contributed by atoms with Gasteiger partial charge in [0.25, 0.3) is 5.91 Å². The third kappa shape index (κ3) is 5.32. The molecular formula is C20H30N2O4S. The van der Waals surface area contributed by atoms with Crippen molar-refractivity contribution in [2.24, 2.45) is 0 Å². The Morgan fingerprint density at radius 2 is 1.96 bits per heavy atom. The van der Waals surface area contributed by atoms with Crippen LogP contribution in [0.4, 0.5) is 0 Å². The Bertz CT molecular complexity index is 783. The molecule has 27 heavy (non-hydrogen) atoms. The molecule has 0 aromatic heterocycles. The summed E-state index contributed by atoms with van der Waals surface area (Å²) in [7, 11) is -2.16. The first-order valence-corrected chi connectivity index (χ1v) is 11.0. The Hall–Kier alpha value is -1.86. The van der Waals surface area contributed by atoms with E-state index in [9.17, 15) is 13.2 Å². The van der Waals surface area contributed by atoms with Crippen LogP contribution in [0.3, 0.4) is 0 Å². The van der Waals surface area contributed by atoms with Crippen molar-refractivity contribution in [2.75, 3.05) is 26.7 Å². The molecule has 0 atom stereocenters. The van der Waals surface area contributed by atoms with Gasteiger partial charge in [-0.1, -0.05) is 25.5 Å². The van der Waals surface area contributed by atoms with Gasteiger partial charge in [0.05, 0.1) is 17.6 Å². The highest BCUT2D eigenvalue weighted by Crippen LogP contribution is 2.25. The molecule has 6 nitrogen and oxygen atoms in total. The maximum absolute atomic E-state index is 12.7. The molecule has 0 fully saturated rings. The number of methoxy groups -OCH3 is 1. The van der Waals surface area contributed by atoms with Gasteiger partial charge in [0, 0.05) is 19.6 Å². The lowest BCUT2D eigenvalue weighted by molar-refractivity contribution is 0.0950. The second-order valence-electron chi connectivity index (χ2n) is 6.57. The molecule has 1 N–H and O–H groups in total. The van der Waals surface area contributed by atoms with Gasteiger partial charge in [0.2, 0.25) is 10.0 Å². The fourth-order valence-corrected chi connectivity index (χ4v) is 4.79. The van der Waals surface area contributed by atoms with Gasteiger partial charge in [-0.3, -0.25) is 4.79 Å². The number of hydrogen-bond acceptors (Lipinski definition) is 4. The number of benzene rings is 1. The van der Waals surface area contributed by atoms with Crippen LogP contribution in [0.5, 0.6) is 5.75 Å². The van der Waals surface area contributed by atoms with Crippen molar-refractivity contribution in [3.05, 3.63) is 35.4 Å². The summed E-state index contributed by atoms with van der Waals surface area (Å²) >= 11 is 0. The second kappa shape index (κ2) is 9.90. The molecule has 0 radical (unpaired) electrons. The van der Waals surface area contributed by atoms with Gasteiger partial charge < -0.3 is 10.1 Å². The predicted octanol–water partition coefficient (Wildman–Crippen LogP) is 3.35. The molecule has 0 heterocycles. The number of ether oxygens (including phenoxy) is 1. The minimum absolute atomic E-state index is 0.104. The standard InChI is InChI=1S/C20H30N2O4S/c1-4-22(5-2)27(24,25)17-11-12-19(26-3)18(15-17)20(23)21-14-13-16-9-7-6-8-10-16/h9,11-12,15H,4-8,10,13-14H2,1-3H3,(H,21,23). The molecule has 0 bridgehead atoms. The van der Waals surface area contributed by atoms with Gasteiger partial charge in [0.1, 0.15) is 5.75 Å². The minimum Gasteiger partial charge on any atom is -0.496 e. The average molecular weight is 395 g/mol. The highest BCUT2D eigenvalue weighted by Gasteiger charge is 2.24. The smallest absolute Gasteiger partial charge is 0.255 e. The lowest BCUT2D eigenvalue weighted by Gasteiger charge is -2.19. The van der Waals surface area contributed by atoms with Crippen molar-refractivity contribution in [3.8, 4) is 5.75 Å². The number of allylic oxidation sites excluding steroid dienone is 1. The zero-order valence-corrected chi connectivity index (χ0v) is 17.3. The number of nitrogens with one attached hydrogen (secondary N) is 1. The Morgan fingerprint density at radius 3 is 2.56 bits per heavy atom. The van der Waals surface area contributed by atoms with E-state index in [1.807, 2.05) is 0 Å². The van der Waals surface area contributed by atoms with Crippen molar-refractivity contribution in [3.63, 3.8) is 0 Å². The molecule has 0 saturated carbocycles. The first kappa shape index (κ1) is 21.4. The third-order valence-corrected chi connectivity index (χ3v) is 6.92. The summed E-state index contributed by atoms with van der Waals surface area (Å²) in [6, 6.07) is 4.42. The van der Waals surface area contributed by atoms with Gasteiger partial charge in [-0.15, -0.1) is 0 Å². The zero-order valence-electron chi connectivity index (χ0n) is 16.5. The van der Waals surface area contributed by atoms with Crippen molar-refractivity contribution >= 4 is 15.9 Å². The average Bonchev–Trinajstić information content (AvgIpc) is 2.69. The van der Waals surface area contributed by atoms with E-state index in [0.29, 0.717) is 25.4 Å². The van der Waals surface area contributed by atoms with Crippen molar-refractivity contribution < 1.29 is 17.9 Å². The molecule has 150 valence electrons. The van der Waals surface area contributed by atoms with Gasteiger partial charge in [-0.2, -0.15) is 4.31 Å². The molecule has 7 heteroatoms. The number of amides is 1. The molecular weight excluding hydrogens is 364 g/mol. The molecule has 1 aromatic rings. The molecule has 0 aliphatic heterocycles. The highest BCUT2D eigenvalue weighted by molar-refractivity contribution is 7.89. The van der Waals surface area contributed by atoms with Crippen LogP contribution >= 0.6 is 0 Å². The summed E-state index contributed by atoms with van der Waals surface area (Å²) in [6.07, 6.45) is 7.73. The summed E-state index contributed by atoms with van der Waals surface area (Å²) in [4.78, 5) is 12.7. The van der Waals surface area contributed by atoms with Gasteiger partial charge >= 0.3 is 0 Å². The molecule has 2 rings (SSSR count). The summed E-state index contributed by atoms with van der Waals surface area (Å²) in [5.74, 6) is 0.0442. The fourth-order valence-electron chi connectivity index (χ4n) is 3.30. The van der Waals surface area contributed by atoms with Gasteiger partial charge in [-0.05, 0) is 50.3 Å². The number of rotatable bonds is 9. The lowest BCUT2D eigenvalue weighted by atomic mass is 9.97. The molecule has 1 aliphatic rings. The largest absolute Gasteiger partial charge is 0.496 e. The summed E-state index contributed by atoms with van der Waals surface area (Å²) in [6.45, 7) is 4.86. The highest BCUT2D eigenvalue weighted by atomic mass is 32.2. The van der Waals surface area contributed by atoms with E-state index in [1.54, 1.807) is 13.8 Å². The van der Waals surface area contributed by atoms with Crippen LogP contribution in [0.15, 0.2) is 34.7 Å². The normalized spacial score (nSPS) is 14.7. The first-order chi connectivity index (χ1) is 12.9. The monoisotopic (exact) mass is 394 g/mol. The fraction of sp³-hybridized carbons (Fsp3) is 0.550. The number of carbonyl (C=O) groups is 1. The third-order valence-electron chi connectivity index (χ3n) is 4.88. The van der Waals surface area contributed by atoms with Crippen molar-refractivity contribution in [1.29, 1.82) is 0 Å². The van der Waals surface area contributed by atoms with Crippen molar-refractivity contribution in [2.45, 2.75) is 50.8 Å². The minimum atomic E-state index is -3.63. The van der Waals surface area contributed by atoms with E-state index in [2.05, 4.69) is 11.4 Å². The zero-order chi connectivity index (χ0) is 19.9. The van der Waals surface area contributed by atoms with E-state index in [4.69, 9.17) is 4.74 Å². The molecule has 0 spiro atoms. The summed E-state index contributed by atoms with van der Waals surface area (Å²) < 4.78 is 32.1. The van der Waals surface area contributed by atoms with Crippen LogP contribution in [-0.2, 0) is 10.0 Å². The van der Waals surface area contributed by atoms with Gasteiger partial charge in [0.15, 0.2) is 0 Å². The Labute approximate surface area is 162 Å². The van der Waals surface area contributed by atoms with E-state index in [-0.39, 0.29) is 16.4 Å². The van der Waals surface area contributed by atoms with Crippen LogP contribution < -0.4 is 10.1 Å². The van der Waals surface area contributed by atoms with Crippen LogP contribution in [0, 0.1) is 0 Å². The van der Waals surface area contributed by atoms with Gasteiger partial charge in [-0.25, -0.2) is 8.42 Å². The lowest BCUT2D eigenvalue weighted by Crippen LogP contribution is -2.31. The summed E-state index contributed by atoms with van der Waals surface area (Å²) in [5.41, 5.74) is 1.62. The van der Waals surface area contributed by atoms with E-state index < -0.39 is 10.0 Å². The van der Waals surface area contributed by atoms with E-state index in [1.165, 1.54) is 48.0 Å². The van der Waals surface area contributed by atoms with Crippen LogP contribution in [0.25, 0.3) is 0 Å². The molecule has 1 amide bonds. The van der Waals surface area contributed by atoms with Crippen LogP contribution in [0.2, 0.25) is 0 Å². The molecule has 0 unspecified atom stereocenters. The van der Waals surface area contributed by atoms with Crippen molar-refractivity contribution in [1.82, 2.24) is 9.62 Å². The Balaban J connectivity index is 2.16. The number of sulfonamides is 1. The number of nitrogens with zero attached hydrogens (tertiary/aromatic N) is 1. The Morgan fingerprint density at radius 1 is 1.22 bits per heavy atom. The quantitative estimate of drug-likeness (QED) is 0.652. The predicted molar refractivity (Wildman–Crippen MR) is 107 cm³/mol. The molecule has 0 saturated heterocycles. The van der Waals surface area contributed by atoms with Crippen LogP contribution in [-0.4, -0.2) is 45.4 Å². The molecule has 1 aliphatic carbocycles. The SMILES string of the molecule is CCN(CC)S(=O)(=O)c1ccc(OC)c(C(=O)NCCC2=CCCCC2)c1. The Kier molecular flexibility index (Phi) is 7.86. The number of carbonyl (C=O) groups excluding carboxylic acids is 1. The first-order valence-electron chi connectivity index (χ1n) is 9.58. The van der Waals surface area contributed by atoms with E-state index in [0.717, 1.165) is 19.3 Å².